The number of aliphatic carboxylic acids is 1. The Morgan fingerprint density at radius 3 is 2.23 bits per heavy atom. The van der Waals surface area contributed by atoms with Crippen molar-refractivity contribution in [2.45, 2.75) is 39.0 Å². The van der Waals surface area contributed by atoms with Crippen molar-refractivity contribution in [3.05, 3.63) is 127 Å². The molecule has 1 heterocycles. The number of carboxylic acids is 1. The van der Waals surface area contributed by atoms with Crippen LogP contribution in [0.5, 0.6) is 5.75 Å². The van der Waals surface area contributed by atoms with Crippen LogP contribution in [0.1, 0.15) is 35.2 Å². The molecule has 9 nitrogen and oxygen atoms in total. The Bertz CT molecular complexity index is 1920. The second kappa shape index (κ2) is 15.5. The Morgan fingerprint density at radius 2 is 1.62 bits per heavy atom. The number of carboxylic acid groups (broad SMARTS) is 1. The molecule has 0 radical (unpaired) electrons. The van der Waals surface area contributed by atoms with Crippen LogP contribution < -0.4 is 50.6 Å². The predicted octanol–water partition coefficient (Wildman–Crippen LogP) is 0.873. The summed E-state index contributed by atoms with van der Waals surface area (Å²) in [5.41, 5.74) is -5.56. The van der Waals surface area contributed by atoms with Crippen molar-refractivity contribution in [2.24, 2.45) is 0 Å². The molecule has 0 bridgehead atoms. The molecule has 4 rings (SSSR count). The molecule has 0 aliphatic heterocycles. The van der Waals surface area contributed by atoms with Gasteiger partial charge in [-0.1, -0.05) is 36.4 Å². The number of halogens is 5. The van der Waals surface area contributed by atoms with Crippen molar-refractivity contribution in [3.8, 4) is 16.9 Å². The molecule has 0 unspecified atom stereocenters. The summed E-state index contributed by atoms with van der Waals surface area (Å²) in [6.07, 6.45) is -5.61. The second-order valence-electron chi connectivity index (χ2n) is 10.2. The Balaban J connectivity index is 0.00000600. The molecular weight excluding hydrogens is 640 g/mol. The van der Waals surface area contributed by atoms with Gasteiger partial charge in [-0.05, 0) is 43.7 Å². The van der Waals surface area contributed by atoms with E-state index in [2.05, 4.69) is 0 Å². The molecule has 0 aliphatic rings. The van der Waals surface area contributed by atoms with Crippen molar-refractivity contribution in [1.29, 1.82) is 0 Å². The fourth-order valence-corrected chi connectivity index (χ4v) is 5.04. The van der Waals surface area contributed by atoms with Gasteiger partial charge < -0.3 is 19.8 Å². The van der Waals surface area contributed by atoms with Gasteiger partial charge >= 0.3 is 41.4 Å². The first kappa shape index (κ1) is 37.2. The molecule has 3 aromatic carbocycles. The van der Waals surface area contributed by atoms with Crippen LogP contribution in [-0.2, 0) is 24.1 Å². The molecule has 0 aliphatic carbocycles. The average molecular weight is 668 g/mol. The van der Waals surface area contributed by atoms with Gasteiger partial charge in [-0.25, -0.2) is 22.9 Å². The van der Waals surface area contributed by atoms with Crippen LogP contribution in [0.2, 0.25) is 0 Å². The largest absolute Gasteiger partial charge is 1.00 e. The van der Waals surface area contributed by atoms with E-state index in [0.29, 0.717) is 19.9 Å². The molecule has 0 saturated carbocycles. The third kappa shape index (κ3) is 8.18. The smallest absolute Gasteiger partial charge is 0.624 e. The van der Waals surface area contributed by atoms with Gasteiger partial charge in [0.05, 0.1) is 24.8 Å². The number of nitrogens with zero attached hydrogens (tertiary/aromatic N) is 3. The van der Waals surface area contributed by atoms with E-state index in [9.17, 15) is 42.3 Å². The molecule has 15 heteroatoms. The fourth-order valence-electron chi connectivity index (χ4n) is 5.04. The molecule has 0 saturated heterocycles. The van der Waals surface area contributed by atoms with E-state index < -0.39 is 71.2 Å². The topological polar surface area (TPSA) is 119 Å². The first-order chi connectivity index (χ1) is 21.8. The number of methoxy groups -OCH3 is 1. The molecular formula is C32H27F5N3NaO6. The van der Waals surface area contributed by atoms with Gasteiger partial charge in [-0.2, -0.15) is 13.2 Å². The van der Waals surface area contributed by atoms with Crippen molar-refractivity contribution >= 4 is 11.7 Å². The van der Waals surface area contributed by atoms with E-state index in [1.165, 1.54) is 44.4 Å². The number of carbonyl (C=O) groups is 1. The Labute approximate surface area is 287 Å². The number of benzene rings is 3. The van der Waals surface area contributed by atoms with Crippen LogP contribution in [0.4, 0.5) is 22.0 Å². The van der Waals surface area contributed by atoms with Crippen LogP contribution in [-0.4, -0.2) is 39.2 Å². The number of rotatable bonds is 11. The standard InChI is InChI=1S/C32H28F5N3O6.Na/c1-19-28(21-11-6-14-26(46-2)29(21)34)30(43)39(18-25(20-9-4-3-5-10-20)40(45)16-8-15-27(41)42)31(44)38(19)17-22-23(32(35,36)37)12-7-13-24(22)33;/h3-7,9-14H,8,15-18H2,1-2H3,(H,41,42);/q;+1/p-1/b40-25+;. The number of hydrogen-bond donors (Lipinski definition) is 0. The first-order valence-electron chi connectivity index (χ1n) is 13.8. The number of hydrogen-bond acceptors (Lipinski definition) is 6. The minimum Gasteiger partial charge on any atom is -0.624 e. The molecule has 0 atom stereocenters. The van der Waals surface area contributed by atoms with Gasteiger partial charge in [0.1, 0.15) is 12.4 Å². The monoisotopic (exact) mass is 667 g/mol. The quantitative estimate of drug-likeness (QED) is 0.0586. The van der Waals surface area contributed by atoms with E-state index in [-0.39, 0.29) is 70.8 Å². The van der Waals surface area contributed by atoms with Crippen LogP contribution in [0.25, 0.3) is 11.1 Å². The number of hydroxylamine groups is 1. The minimum absolute atomic E-state index is 0. The summed E-state index contributed by atoms with van der Waals surface area (Å²) in [6, 6.07) is 13.9. The molecule has 0 spiro atoms. The fraction of sp³-hybridized carbons (Fsp3) is 0.250. The number of ether oxygens (including phenoxy) is 1. The van der Waals surface area contributed by atoms with Gasteiger partial charge in [0.25, 0.3) is 5.56 Å². The maximum Gasteiger partial charge on any atom is 1.00 e. The Morgan fingerprint density at radius 1 is 0.957 bits per heavy atom. The Hall–Kier alpha value is -4.27. The summed E-state index contributed by atoms with van der Waals surface area (Å²) in [6.45, 7) is -0.928. The number of aromatic nitrogens is 2. The van der Waals surface area contributed by atoms with E-state index >= 15 is 4.39 Å². The second-order valence-corrected chi connectivity index (χ2v) is 10.2. The molecule has 4 aromatic rings. The molecule has 242 valence electrons. The third-order valence-corrected chi connectivity index (χ3v) is 7.34. The molecule has 47 heavy (non-hydrogen) atoms. The van der Waals surface area contributed by atoms with Crippen LogP contribution in [0.3, 0.4) is 0 Å². The zero-order valence-corrected chi connectivity index (χ0v) is 27.6. The van der Waals surface area contributed by atoms with Crippen LogP contribution in [0, 0.1) is 23.8 Å². The zero-order valence-electron chi connectivity index (χ0n) is 25.6. The van der Waals surface area contributed by atoms with Gasteiger partial charge in [-0.15, -0.1) is 0 Å². The Kier molecular flexibility index (Phi) is 12.3. The van der Waals surface area contributed by atoms with Crippen LogP contribution in [0.15, 0.2) is 76.3 Å². The van der Waals surface area contributed by atoms with Gasteiger partial charge in [0.15, 0.2) is 18.1 Å². The number of alkyl halides is 3. The molecule has 1 aromatic heterocycles. The third-order valence-electron chi connectivity index (χ3n) is 7.34. The summed E-state index contributed by atoms with van der Waals surface area (Å²) in [5, 5.41) is 24.2. The predicted molar refractivity (Wildman–Crippen MR) is 155 cm³/mol. The van der Waals surface area contributed by atoms with E-state index in [0.717, 1.165) is 12.1 Å². The maximum atomic E-state index is 15.6. The zero-order chi connectivity index (χ0) is 33.8. The molecule has 0 amide bonds. The summed E-state index contributed by atoms with van der Waals surface area (Å²) in [7, 11) is 1.18. The molecule has 0 fully saturated rings. The summed E-state index contributed by atoms with van der Waals surface area (Å²) in [4.78, 5) is 38.9. The number of carbonyl (C=O) groups excluding carboxylic acids is 1. The van der Waals surface area contributed by atoms with E-state index in [1.807, 2.05) is 0 Å². The average Bonchev–Trinajstić information content (AvgIpc) is 3.00. The summed E-state index contributed by atoms with van der Waals surface area (Å²) >= 11 is 0. The molecule has 0 N–H and O–H groups in total. The SMILES string of the molecule is COc1cccc(-c2c(C)n(Cc3c(F)cccc3C(F)(F)F)c(=O)n(C/C(c3ccccc3)=[N+](\[O-])CCCC(=O)[O-])c2=O)c1F.[Na+]. The van der Waals surface area contributed by atoms with E-state index in [4.69, 9.17) is 4.74 Å². The van der Waals surface area contributed by atoms with Gasteiger partial charge in [-0.3, -0.25) is 9.36 Å². The van der Waals surface area contributed by atoms with E-state index in [1.54, 1.807) is 18.2 Å². The summed E-state index contributed by atoms with van der Waals surface area (Å²) < 4.78 is 78.9. The van der Waals surface area contributed by atoms with Gasteiger partial charge in [0.2, 0.25) is 5.71 Å². The van der Waals surface area contributed by atoms with Crippen LogP contribution >= 0.6 is 0 Å². The van der Waals surface area contributed by atoms with Crippen molar-refractivity contribution in [2.75, 3.05) is 13.7 Å². The van der Waals surface area contributed by atoms with Crippen molar-refractivity contribution in [3.63, 3.8) is 0 Å². The minimum atomic E-state index is -5.01. The van der Waals surface area contributed by atoms with Crippen molar-refractivity contribution < 1.29 is 70.9 Å². The first-order valence-corrected chi connectivity index (χ1v) is 13.8. The van der Waals surface area contributed by atoms with Crippen molar-refractivity contribution in [1.82, 2.24) is 9.13 Å². The summed E-state index contributed by atoms with van der Waals surface area (Å²) in [5.74, 6) is -3.96. The normalized spacial score (nSPS) is 11.9. The maximum absolute atomic E-state index is 15.6. The van der Waals surface area contributed by atoms with Gasteiger partial charge in [0, 0.05) is 34.8 Å².